The Labute approximate surface area is 116 Å². The molecule has 2 aromatic heterocycles. The van der Waals surface area contributed by atoms with Crippen LogP contribution in [0.1, 0.15) is 15.9 Å². The van der Waals surface area contributed by atoms with Crippen LogP contribution in [0.3, 0.4) is 0 Å². The molecule has 3 aromatic rings. The maximum absolute atomic E-state index is 11.0. The molecule has 4 heteroatoms. The van der Waals surface area contributed by atoms with Crippen molar-refractivity contribution in [2.75, 3.05) is 0 Å². The number of ether oxygens (including phenoxy) is 1. The van der Waals surface area contributed by atoms with Gasteiger partial charge in [-0.15, -0.1) is 0 Å². The van der Waals surface area contributed by atoms with Crippen LogP contribution in [0.2, 0.25) is 0 Å². The van der Waals surface area contributed by atoms with Gasteiger partial charge in [0.1, 0.15) is 12.4 Å². The molecule has 0 amide bonds. The van der Waals surface area contributed by atoms with Gasteiger partial charge in [0.25, 0.3) is 0 Å². The van der Waals surface area contributed by atoms with E-state index in [4.69, 9.17) is 4.74 Å². The number of benzene rings is 1. The zero-order chi connectivity index (χ0) is 13.8. The summed E-state index contributed by atoms with van der Waals surface area (Å²) in [5, 5.41) is 0.853. The molecule has 0 aliphatic carbocycles. The van der Waals surface area contributed by atoms with E-state index in [1.807, 2.05) is 47.0 Å². The molecule has 3 rings (SSSR count). The van der Waals surface area contributed by atoms with Crippen LogP contribution < -0.4 is 0 Å². The van der Waals surface area contributed by atoms with E-state index in [2.05, 4.69) is 4.98 Å². The van der Waals surface area contributed by atoms with Crippen LogP contribution in [-0.4, -0.2) is 15.8 Å². The monoisotopic (exact) mass is 266 g/mol. The van der Waals surface area contributed by atoms with E-state index < -0.39 is 0 Å². The zero-order valence-corrected chi connectivity index (χ0v) is 10.9. The third kappa shape index (κ3) is 2.46. The van der Waals surface area contributed by atoms with Crippen LogP contribution in [0.25, 0.3) is 11.0 Å². The first-order chi connectivity index (χ1) is 9.88. The van der Waals surface area contributed by atoms with E-state index in [-0.39, 0.29) is 0 Å². The van der Waals surface area contributed by atoms with Crippen LogP contribution in [0, 0.1) is 0 Å². The first kappa shape index (κ1) is 12.6. The lowest BCUT2D eigenvalue weighted by Gasteiger charge is -2.06. The molecule has 0 N–H and O–H groups in total. The highest BCUT2D eigenvalue weighted by Crippen LogP contribution is 2.17. The Morgan fingerprint density at radius 1 is 1.15 bits per heavy atom. The number of carbonyl (C=O) groups is 1. The molecule has 0 unspecified atom stereocenters. The third-order valence-electron chi connectivity index (χ3n) is 3.13. The largest absolute Gasteiger partial charge is 0.356 e. The van der Waals surface area contributed by atoms with Crippen molar-refractivity contribution in [2.45, 2.75) is 13.3 Å². The van der Waals surface area contributed by atoms with Gasteiger partial charge in [0.05, 0.1) is 6.61 Å². The summed E-state index contributed by atoms with van der Waals surface area (Å²) >= 11 is 0. The molecule has 20 heavy (non-hydrogen) atoms. The highest BCUT2D eigenvalue weighted by Gasteiger charge is 2.08. The molecule has 4 nitrogen and oxygen atoms in total. The summed E-state index contributed by atoms with van der Waals surface area (Å²) in [6, 6.07) is 13.7. The lowest BCUT2D eigenvalue weighted by atomic mass is 10.2. The number of aldehydes is 1. The van der Waals surface area contributed by atoms with Crippen molar-refractivity contribution in [2.24, 2.45) is 0 Å². The van der Waals surface area contributed by atoms with E-state index in [0.29, 0.717) is 18.9 Å². The van der Waals surface area contributed by atoms with Gasteiger partial charge in [-0.1, -0.05) is 30.3 Å². The topological polar surface area (TPSA) is 44.1 Å². The van der Waals surface area contributed by atoms with Crippen molar-refractivity contribution in [3.8, 4) is 0 Å². The Balaban J connectivity index is 1.76. The summed E-state index contributed by atoms with van der Waals surface area (Å²) in [7, 11) is 0. The second-order valence-electron chi connectivity index (χ2n) is 4.51. The summed E-state index contributed by atoms with van der Waals surface area (Å²) in [4.78, 5) is 15.3. The van der Waals surface area contributed by atoms with E-state index in [1.54, 1.807) is 12.4 Å². The second kappa shape index (κ2) is 5.67. The molecule has 0 saturated carbocycles. The van der Waals surface area contributed by atoms with Gasteiger partial charge < -0.3 is 9.30 Å². The lowest BCUT2D eigenvalue weighted by Crippen LogP contribution is -2.02. The average Bonchev–Trinajstić information content (AvgIpc) is 2.87. The Bertz CT molecular complexity index is 720. The number of rotatable bonds is 5. The van der Waals surface area contributed by atoms with Crippen molar-refractivity contribution in [3.63, 3.8) is 0 Å². The van der Waals surface area contributed by atoms with E-state index in [9.17, 15) is 4.79 Å². The van der Waals surface area contributed by atoms with Gasteiger partial charge >= 0.3 is 0 Å². The molecule has 0 spiro atoms. The molecule has 0 atom stereocenters. The molecule has 0 aliphatic rings. The van der Waals surface area contributed by atoms with E-state index >= 15 is 0 Å². The molecule has 0 fully saturated rings. The molecular formula is C16H14N2O2. The Morgan fingerprint density at radius 2 is 2.00 bits per heavy atom. The minimum atomic E-state index is 0.371. The van der Waals surface area contributed by atoms with E-state index in [0.717, 1.165) is 22.9 Å². The SMILES string of the molecule is O=Cc1cn(COCc2ccccc2)c2ncccc12. The summed E-state index contributed by atoms with van der Waals surface area (Å²) in [5.74, 6) is 0. The number of pyridine rings is 1. The summed E-state index contributed by atoms with van der Waals surface area (Å²) in [5.41, 5.74) is 2.52. The van der Waals surface area contributed by atoms with Gasteiger partial charge in [0, 0.05) is 23.3 Å². The lowest BCUT2D eigenvalue weighted by molar-refractivity contribution is 0.0664. The Kier molecular flexibility index (Phi) is 3.56. The highest BCUT2D eigenvalue weighted by molar-refractivity contribution is 5.95. The van der Waals surface area contributed by atoms with Crippen LogP contribution in [0.4, 0.5) is 0 Å². The summed E-state index contributed by atoms with van der Waals surface area (Å²) in [6.45, 7) is 0.903. The standard InChI is InChI=1S/C16H14N2O2/c19-10-14-9-18(16-15(14)7-4-8-17-16)12-20-11-13-5-2-1-3-6-13/h1-10H,11-12H2. The predicted molar refractivity (Wildman–Crippen MR) is 76.4 cm³/mol. The third-order valence-corrected chi connectivity index (χ3v) is 3.13. The summed E-state index contributed by atoms with van der Waals surface area (Å²) < 4.78 is 7.53. The molecule has 0 saturated heterocycles. The highest BCUT2D eigenvalue weighted by atomic mass is 16.5. The number of aromatic nitrogens is 2. The number of hydrogen-bond acceptors (Lipinski definition) is 3. The summed E-state index contributed by atoms with van der Waals surface area (Å²) in [6.07, 6.45) is 4.33. The van der Waals surface area contributed by atoms with Gasteiger partial charge in [-0.2, -0.15) is 0 Å². The fraction of sp³-hybridized carbons (Fsp3) is 0.125. The number of hydrogen-bond donors (Lipinski definition) is 0. The van der Waals surface area contributed by atoms with Gasteiger partial charge in [-0.25, -0.2) is 4.98 Å². The quantitative estimate of drug-likeness (QED) is 0.667. The van der Waals surface area contributed by atoms with E-state index in [1.165, 1.54) is 0 Å². The average molecular weight is 266 g/mol. The minimum Gasteiger partial charge on any atom is -0.356 e. The number of carbonyl (C=O) groups excluding carboxylic acids is 1. The molecular weight excluding hydrogens is 252 g/mol. The van der Waals surface area contributed by atoms with Crippen molar-refractivity contribution in [1.29, 1.82) is 0 Å². The molecule has 0 radical (unpaired) electrons. The fourth-order valence-corrected chi connectivity index (χ4v) is 2.18. The first-order valence-electron chi connectivity index (χ1n) is 6.39. The first-order valence-corrected chi connectivity index (χ1v) is 6.39. The minimum absolute atomic E-state index is 0.371. The van der Waals surface area contributed by atoms with Crippen molar-refractivity contribution >= 4 is 17.3 Å². The van der Waals surface area contributed by atoms with Gasteiger partial charge in [-0.3, -0.25) is 4.79 Å². The Hall–Kier alpha value is -2.46. The maximum atomic E-state index is 11.0. The Morgan fingerprint density at radius 3 is 2.80 bits per heavy atom. The fourth-order valence-electron chi connectivity index (χ4n) is 2.18. The number of nitrogens with zero attached hydrogens (tertiary/aromatic N) is 2. The molecule has 0 aliphatic heterocycles. The van der Waals surface area contributed by atoms with Gasteiger partial charge in [0.2, 0.25) is 0 Å². The van der Waals surface area contributed by atoms with Crippen LogP contribution in [0.5, 0.6) is 0 Å². The van der Waals surface area contributed by atoms with Crippen LogP contribution in [-0.2, 0) is 18.1 Å². The maximum Gasteiger partial charge on any atom is 0.152 e. The van der Waals surface area contributed by atoms with Gasteiger partial charge in [-0.05, 0) is 17.7 Å². The van der Waals surface area contributed by atoms with Crippen molar-refractivity contribution < 1.29 is 9.53 Å². The number of fused-ring (bicyclic) bond motifs is 1. The predicted octanol–water partition coefficient (Wildman–Crippen LogP) is 3.02. The molecule has 2 heterocycles. The molecule has 100 valence electrons. The van der Waals surface area contributed by atoms with Gasteiger partial charge in [0.15, 0.2) is 6.29 Å². The molecule has 0 bridgehead atoms. The molecule has 1 aromatic carbocycles. The van der Waals surface area contributed by atoms with Crippen molar-refractivity contribution in [1.82, 2.24) is 9.55 Å². The second-order valence-corrected chi connectivity index (χ2v) is 4.51. The van der Waals surface area contributed by atoms with Crippen LogP contribution >= 0.6 is 0 Å². The zero-order valence-electron chi connectivity index (χ0n) is 10.9. The van der Waals surface area contributed by atoms with Crippen LogP contribution in [0.15, 0.2) is 54.9 Å². The normalized spacial score (nSPS) is 10.8. The van der Waals surface area contributed by atoms with Crippen molar-refractivity contribution in [3.05, 3.63) is 66.0 Å². The smallest absolute Gasteiger partial charge is 0.152 e.